The molecule has 21 heavy (non-hydrogen) atoms. The zero-order valence-corrected chi connectivity index (χ0v) is 13.6. The molecule has 2 heterocycles. The van der Waals surface area contributed by atoms with Gasteiger partial charge < -0.3 is 5.11 Å². The maximum atomic E-state index is 12.3. The summed E-state index contributed by atoms with van der Waals surface area (Å²) in [5.41, 5.74) is 2.72. The molecule has 2 atom stereocenters. The summed E-state index contributed by atoms with van der Waals surface area (Å²) in [7, 11) is -3.01. The molecule has 2 unspecified atom stereocenters. The van der Waals surface area contributed by atoms with Crippen LogP contribution in [0.2, 0.25) is 0 Å². The lowest BCUT2D eigenvalue weighted by Gasteiger charge is -2.44. The van der Waals surface area contributed by atoms with Crippen molar-refractivity contribution in [2.24, 2.45) is 0 Å². The molecular formula is C17H24O3S. The van der Waals surface area contributed by atoms with Crippen LogP contribution in [0.15, 0.2) is 18.2 Å². The predicted molar refractivity (Wildman–Crippen MR) is 84.2 cm³/mol. The van der Waals surface area contributed by atoms with Crippen molar-refractivity contribution >= 4 is 9.84 Å². The number of fused-ring (bicyclic) bond motifs is 2. The molecule has 0 spiro atoms. The molecule has 2 fully saturated rings. The Bertz CT molecular complexity index is 628. The molecule has 0 amide bonds. The number of aryl methyl sites for hydroxylation is 1. The van der Waals surface area contributed by atoms with Gasteiger partial charge in [-0.1, -0.05) is 24.6 Å². The highest BCUT2D eigenvalue weighted by molar-refractivity contribution is 7.92. The highest BCUT2D eigenvalue weighted by atomic mass is 32.2. The van der Waals surface area contributed by atoms with E-state index in [0.29, 0.717) is 32.1 Å². The van der Waals surface area contributed by atoms with E-state index in [0.717, 1.165) is 12.0 Å². The molecule has 1 aromatic rings. The molecule has 0 aromatic heterocycles. The fourth-order valence-corrected chi connectivity index (χ4v) is 6.66. The van der Waals surface area contributed by atoms with Gasteiger partial charge in [0, 0.05) is 6.42 Å². The van der Waals surface area contributed by atoms with Gasteiger partial charge in [0.1, 0.15) is 0 Å². The van der Waals surface area contributed by atoms with Gasteiger partial charge in [-0.3, -0.25) is 0 Å². The quantitative estimate of drug-likeness (QED) is 0.914. The van der Waals surface area contributed by atoms with Gasteiger partial charge in [0.05, 0.1) is 16.1 Å². The molecule has 3 rings (SSSR count). The first kappa shape index (κ1) is 15.0. The van der Waals surface area contributed by atoms with Crippen LogP contribution in [0, 0.1) is 13.8 Å². The van der Waals surface area contributed by atoms with E-state index in [9.17, 15) is 13.5 Å². The first-order valence-corrected chi connectivity index (χ1v) is 9.43. The second-order valence-corrected chi connectivity index (χ2v) is 9.44. The average molecular weight is 308 g/mol. The van der Waals surface area contributed by atoms with E-state index in [1.807, 2.05) is 6.07 Å². The Kier molecular flexibility index (Phi) is 3.65. The average Bonchev–Trinajstić information content (AvgIpc) is 2.37. The molecule has 0 radical (unpaired) electrons. The van der Waals surface area contributed by atoms with Gasteiger partial charge >= 0.3 is 0 Å². The van der Waals surface area contributed by atoms with Gasteiger partial charge in [0.25, 0.3) is 0 Å². The summed E-state index contributed by atoms with van der Waals surface area (Å²) < 4.78 is 24.7. The topological polar surface area (TPSA) is 54.4 Å². The molecule has 0 aliphatic carbocycles. The highest BCUT2D eigenvalue weighted by Crippen LogP contribution is 2.43. The molecule has 2 aliphatic rings. The summed E-state index contributed by atoms with van der Waals surface area (Å²) in [4.78, 5) is 0. The van der Waals surface area contributed by atoms with E-state index in [4.69, 9.17) is 0 Å². The maximum absolute atomic E-state index is 12.3. The van der Waals surface area contributed by atoms with E-state index in [1.54, 1.807) is 0 Å². The third-order valence-corrected chi connectivity index (χ3v) is 8.10. The first-order chi connectivity index (χ1) is 9.82. The van der Waals surface area contributed by atoms with Crippen LogP contribution in [-0.2, 0) is 16.3 Å². The Morgan fingerprint density at radius 2 is 1.81 bits per heavy atom. The van der Waals surface area contributed by atoms with Gasteiger partial charge in [0.2, 0.25) is 0 Å². The zero-order valence-electron chi connectivity index (χ0n) is 12.8. The van der Waals surface area contributed by atoms with Crippen molar-refractivity contribution in [2.75, 3.05) is 0 Å². The van der Waals surface area contributed by atoms with Crippen LogP contribution < -0.4 is 0 Å². The monoisotopic (exact) mass is 308 g/mol. The SMILES string of the molecule is Cc1cccc(CC2(O)CC3CCCC(C2)S3(=O)=O)c1C. The Hall–Kier alpha value is -0.870. The Morgan fingerprint density at radius 1 is 1.19 bits per heavy atom. The summed E-state index contributed by atoms with van der Waals surface area (Å²) in [6.45, 7) is 4.15. The number of rotatable bonds is 2. The number of hydrogen-bond donors (Lipinski definition) is 1. The summed E-state index contributed by atoms with van der Waals surface area (Å²) in [6, 6.07) is 6.14. The van der Waals surface area contributed by atoms with Crippen molar-refractivity contribution in [3.05, 3.63) is 34.9 Å². The summed E-state index contributed by atoms with van der Waals surface area (Å²) in [5.74, 6) is 0. The summed E-state index contributed by atoms with van der Waals surface area (Å²) in [6.07, 6.45) is 3.79. The fourth-order valence-electron chi connectivity index (χ4n) is 4.04. The molecule has 116 valence electrons. The lowest BCUT2D eigenvalue weighted by molar-refractivity contribution is 0.00976. The van der Waals surface area contributed by atoms with Crippen molar-refractivity contribution in [1.29, 1.82) is 0 Å². The molecule has 1 N–H and O–H groups in total. The number of aliphatic hydroxyl groups is 1. The maximum Gasteiger partial charge on any atom is 0.156 e. The molecule has 4 heteroatoms. The van der Waals surface area contributed by atoms with E-state index in [1.165, 1.54) is 11.1 Å². The lowest BCUT2D eigenvalue weighted by Crippen LogP contribution is -2.52. The number of sulfone groups is 1. The molecule has 2 aliphatic heterocycles. The van der Waals surface area contributed by atoms with Gasteiger partial charge in [-0.2, -0.15) is 0 Å². The molecule has 2 saturated heterocycles. The predicted octanol–water partition coefficient (Wildman–Crippen LogP) is 2.71. The molecule has 1 aromatic carbocycles. The Morgan fingerprint density at radius 3 is 2.43 bits per heavy atom. The van der Waals surface area contributed by atoms with Gasteiger partial charge in [-0.15, -0.1) is 0 Å². The molecule has 0 saturated carbocycles. The fraction of sp³-hybridized carbons (Fsp3) is 0.647. The van der Waals surface area contributed by atoms with E-state index < -0.39 is 15.4 Å². The van der Waals surface area contributed by atoms with Crippen molar-refractivity contribution in [3.8, 4) is 0 Å². The van der Waals surface area contributed by atoms with Gasteiger partial charge in [-0.25, -0.2) is 8.42 Å². The normalized spacial score (nSPS) is 34.6. The summed E-state index contributed by atoms with van der Waals surface area (Å²) >= 11 is 0. The Labute approximate surface area is 127 Å². The molecular weight excluding hydrogens is 284 g/mol. The Balaban J connectivity index is 1.88. The standard InChI is InChI=1S/C17H24O3S/c1-12-5-3-6-14(13(12)2)9-17(18)10-15-7-4-8-16(11-17)21(15,19)20/h3,5-6,15-16,18H,4,7-11H2,1-2H3. The van der Waals surface area contributed by atoms with Gasteiger partial charge in [0.15, 0.2) is 9.84 Å². The van der Waals surface area contributed by atoms with E-state index in [2.05, 4.69) is 26.0 Å². The second-order valence-electron chi connectivity index (χ2n) is 6.93. The summed E-state index contributed by atoms with van der Waals surface area (Å²) in [5, 5.41) is 10.3. The minimum atomic E-state index is -3.01. The zero-order chi connectivity index (χ0) is 15.3. The minimum absolute atomic E-state index is 0.333. The second kappa shape index (κ2) is 5.10. The van der Waals surface area contributed by atoms with Crippen LogP contribution in [0.5, 0.6) is 0 Å². The first-order valence-electron chi connectivity index (χ1n) is 7.82. The number of hydrogen-bond acceptors (Lipinski definition) is 3. The van der Waals surface area contributed by atoms with Crippen molar-refractivity contribution in [3.63, 3.8) is 0 Å². The van der Waals surface area contributed by atoms with E-state index >= 15 is 0 Å². The third kappa shape index (κ3) is 2.64. The lowest BCUT2D eigenvalue weighted by atomic mass is 9.80. The van der Waals surface area contributed by atoms with Gasteiger partial charge in [-0.05, 0) is 56.2 Å². The largest absolute Gasteiger partial charge is 0.389 e. The van der Waals surface area contributed by atoms with Crippen LogP contribution in [0.4, 0.5) is 0 Å². The van der Waals surface area contributed by atoms with Crippen molar-refractivity contribution in [2.45, 2.75) is 68.5 Å². The third-order valence-electron chi connectivity index (χ3n) is 5.43. The smallest absolute Gasteiger partial charge is 0.156 e. The van der Waals surface area contributed by atoms with E-state index in [-0.39, 0.29) is 10.5 Å². The highest BCUT2D eigenvalue weighted by Gasteiger charge is 2.50. The van der Waals surface area contributed by atoms with Crippen LogP contribution >= 0.6 is 0 Å². The van der Waals surface area contributed by atoms with Crippen molar-refractivity contribution < 1.29 is 13.5 Å². The van der Waals surface area contributed by atoms with Crippen LogP contribution in [0.25, 0.3) is 0 Å². The number of benzene rings is 1. The van der Waals surface area contributed by atoms with Crippen molar-refractivity contribution in [1.82, 2.24) is 0 Å². The van der Waals surface area contributed by atoms with Crippen LogP contribution in [0.1, 0.15) is 48.8 Å². The minimum Gasteiger partial charge on any atom is -0.389 e. The van der Waals surface area contributed by atoms with Crippen LogP contribution in [0.3, 0.4) is 0 Å². The molecule has 3 nitrogen and oxygen atoms in total. The molecule has 2 bridgehead atoms. The van der Waals surface area contributed by atoms with Crippen LogP contribution in [-0.4, -0.2) is 29.6 Å².